The smallest absolute Gasteiger partial charge is 0.254 e. The predicted octanol–water partition coefficient (Wildman–Crippen LogP) is 3.36. The molecule has 1 aliphatic rings. The Labute approximate surface area is 124 Å². The van der Waals surface area contributed by atoms with Crippen molar-refractivity contribution in [1.82, 2.24) is 9.29 Å². The molecule has 0 bridgehead atoms. The average Bonchev–Trinajstić information content (AvgIpc) is 3.09. The fourth-order valence-electron chi connectivity index (χ4n) is 2.46. The van der Waals surface area contributed by atoms with E-state index in [1.165, 1.54) is 11.3 Å². The SMILES string of the molecule is O=S(=O)(c1sccc1Br)N1CCCC1c1ccc[nH]1. The molecule has 7 heteroatoms. The van der Waals surface area contributed by atoms with Crippen LogP contribution in [0.25, 0.3) is 0 Å². The second-order valence-corrected chi connectivity index (χ2v) is 8.31. The monoisotopic (exact) mass is 360 g/mol. The molecule has 0 aliphatic carbocycles. The average molecular weight is 361 g/mol. The first-order valence-corrected chi connectivity index (χ1v) is 9.10. The van der Waals surface area contributed by atoms with Crippen molar-refractivity contribution in [3.8, 4) is 0 Å². The summed E-state index contributed by atoms with van der Waals surface area (Å²) in [6.07, 6.45) is 3.59. The third-order valence-corrected chi connectivity index (χ3v) is 7.87. The lowest BCUT2D eigenvalue weighted by Gasteiger charge is -2.22. The summed E-state index contributed by atoms with van der Waals surface area (Å²) in [5.74, 6) is 0. The third-order valence-electron chi connectivity index (χ3n) is 3.31. The van der Waals surface area contributed by atoms with E-state index < -0.39 is 10.0 Å². The summed E-state index contributed by atoms with van der Waals surface area (Å²) in [5.41, 5.74) is 0.966. The van der Waals surface area contributed by atoms with Crippen molar-refractivity contribution in [2.75, 3.05) is 6.54 Å². The standard InChI is InChI=1S/C12H13BrN2O2S2/c13-9-5-8-18-12(9)19(16,17)15-7-2-4-11(15)10-3-1-6-14-10/h1,3,5-6,8,11,14H,2,4,7H2. The number of nitrogens with zero attached hydrogens (tertiary/aromatic N) is 1. The Morgan fingerprint density at radius 3 is 2.89 bits per heavy atom. The van der Waals surface area contributed by atoms with E-state index in [9.17, 15) is 8.42 Å². The topological polar surface area (TPSA) is 53.2 Å². The molecule has 19 heavy (non-hydrogen) atoms. The van der Waals surface area contributed by atoms with Gasteiger partial charge in [-0.05, 0) is 52.4 Å². The number of H-pyrrole nitrogens is 1. The van der Waals surface area contributed by atoms with Gasteiger partial charge in [0.05, 0.1) is 6.04 Å². The van der Waals surface area contributed by atoms with Gasteiger partial charge in [0.1, 0.15) is 4.21 Å². The first kappa shape index (κ1) is 13.4. The molecule has 3 rings (SSSR count). The Morgan fingerprint density at radius 2 is 2.26 bits per heavy atom. The molecule has 1 N–H and O–H groups in total. The molecule has 1 unspecified atom stereocenters. The molecule has 102 valence electrons. The minimum atomic E-state index is -3.42. The fraction of sp³-hybridized carbons (Fsp3) is 0.333. The van der Waals surface area contributed by atoms with Crippen LogP contribution >= 0.6 is 27.3 Å². The number of aromatic amines is 1. The van der Waals surface area contributed by atoms with Crippen LogP contribution in [0.1, 0.15) is 24.6 Å². The molecule has 3 heterocycles. The van der Waals surface area contributed by atoms with Gasteiger partial charge >= 0.3 is 0 Å². The van der Waals surface area contributed by atoms with E-state index in [-0.39, 0.29) is 6.04 Å². The number of halogens is 1. The summed E-state index contributed by atoms with van der Waals surface area (Å²) < 4.78 is 28.1. The van der Waals surface area contributed by atoms with Crippen molar-refractivity contribution < 1.29 is 8.42 Å². The maximum atomic E-state index is 12.7. The largest absolute Gasteiger partial charge is 0.364 e. The van der Waals surface area contributed by atoms with E-state index in [0.29, 0.717) is 15.2 Å². The lowest BCUT2D eigenvalue weighted by molar-refractivity contribution is 0.392. The van der Waals surface area contributed by atoms with Crippen molar-refractivity contribution in [1.29, 1.82) is 0 Å². The second kappa shape index (κ2) is 5.05. The van der Waals surface area contributed by atoms with E-state index in [0.717, 1.165) is 18.5 Å². The van der Waals surface area contributed by atoms with Crippen LogP contribution in [0.3, 0.4) is 0 Å². The highest BCUT2D eigenvalue weighted by Gasteiger charge is 2.38. The third kappa shape index (κ3) is 2.29. The number of hydrogen-bond donors (Lipinski definition) is 1. The van der Waals surface area contributed by atoms with E-state index in [4.69, 9.17) is 0 Å². The van der Waals surface area contributed by atoms with Crippen molar-refractivity contribution in [3.63, 3.8) is 0 Å². The van der Waals surface area contributed by atoms with Crippen LogP contribution < -0.4 is 0 Å². The first-order valence-electron chi connectivity index (χ1n) is 5.99. The van der Waals surface area contributed by atoms with Gasteiger partial charge in [-0.3, -0.25) is 0 Å². The molecule has 0 aromatic carbocycles. The van der Waals surface area contributed by atoms with Crippen molar-refractivity contribution in [2.24, 2.45) is 0 Å². The van der Waals surface area contributed by atoms with Crippen molar-refractivity contribution in [2.45, 2.75) is 23.1 Å². The Balaban J connectivity index is 1.99. The minimum absolute atomic E-state index is 0.0750. The van der Waals surface area contributed by atoms with Gasteiger partial charge in [0.2, 0.25) is 0 Å². The molecule has 1 aliphatic heterocycles. The van der Waals surface area contributed by atoms with E-state index in [1.807, 2.05) is 18.3 Å². The van der Waals surface area contributed by atoms with E-state index in [2.05, 4.69) is 20.9 Å². The minimum Gasteiger partial charge on any atom is -0.364 e. The number of sulfonamides is 1. The predicted molar refractivity (Wildman–Crippen MR) is 78.7 cm³/mol. The number of nitrogens with one attached hydrogen (secondary N) is 1. The molecule has 0 saturated carbocycles. The Kier molecular flexibility index (Phi) is 3.55. The molecule has 2 aromatic heterocycles. The number of hydrogen-bond acceptors (Lipinski definition) is 3. The maximum Gasteiger partial charge on any atom is 0.254 e. The van der Waals surface area contributed by atoms with Gasteiger partial charge in [0, 0.05) is 22.9 Å². The Bertz CT molecular complexity index is 664. The first-order chi connectivity index (χ1) is 9.10. The lowest BCUT2D eigenvalue weighted by atomic mass is 10.2. The normalized spacial score (nSPS) is 21.0. The van der Waals surface area contributed by atoms with E-state index >= 15 is 0 Å². The highest BCUT2D eigenvalue weighted by Crippen LogP contribution is 2.39. The molecule has 0 radical (unpaired) electrons. The van der Waals surface area contributed by atoms with Gasteiger partial charge in [0.25, 0.3) is 10.0 Å². The van der Waals surface area contributed by atoms with Crippen LogP contribution in [0.2, 0.25) is 0 Å². The van der Waals surface area contributed by atoms with Crippen molar-refractivity contribution in [3.05, 3.63) is 39.9 Å². The summed E-state index contributed by atoms with van der Waals surface area (Å²) in [6.45, 7) is 0.580. The molecule has 1 fully saturated rings. The second-order valence-electron chi connectivity index (χ2n) is 4.46. The van der Waals surface area contributed by atoms with Gasteiger partial charge in [-0.15, -0.1) is 11.3 Å². The van der Waals surface area contributed by atoms with Crippen molar-refractivity contribution >= 4 is 37.3 Å². The highest BCUT2D eigenvalue weighted by molar-refractivity contribution is 9.10. The lowest BCUT2D eigenvalue weighted by Crippen LogP contribution is -2.30. The van der Waals surface area contributed by atoms with Crippen LogP contribution in [0.4, 0.5) is 0 Å². The fourth-order valence-corrected chi connectivity index (χ4v) is 6.56. The Hall–Kier alpha value is -0.630. The van der Waals surface area contributed by atoms with Gasteiger partial charge < -0.3 is 4.98 Å². The molecule has 1 atom stereocenters. The van der Waals surface area contributed by atoms with Gasteiger partial charge in [0.15, 0.2) is 0 Å². The van der Waals surface area contributed by atoms with Gasteiger partial charge in [-0.1, -0.05) is 0 Å². The summed E-state index contributed by atoms with van der Waals surface area (Å²) in [4.78, 5) is 3.13. The van der Waals surface area contributed by atoms with Crippen LogP contribution in [0.15, 0.2) is 38.5 Å². The molecule has 0 amide bonds. The quantitative estimate of drug-likeness (QED) is 0.912. The zero-order valence-electron chi connectivity index (χ0n) is 10.0. The molecule has 1 saturated heterocycles. The summed E-state index contributed by atoms with van der Waals surface area (Å²) in [5, 5.41) is 1.79. The summed E-state index contributed by atoms with van der Waals surface area (Å²) in [7, 11) is -3.42. The molecular formula is C12H13BrN2O2S2. The number of thiophene rings is 1. The van der Waals surface area contributed by atoms with Crippen LogP contribution in [-0.4, -0.2) is 24.3 Å². The molecular weight excluding hydrogens is 348 g/mol. The van der Waals surface area contributed by atoms with Gasteiger partial charge in [-0.25, -0.2) is 8.42 Å². The number of rotatable bonds is 3. The molecule has 4 nitrogen and oxygen atoms in total. The number of aromatic nitrogens is 1. The van der Waals surface area contributed by atoms with Crippen LogP contribution in [-0.2, 0) is 10.0 Å². The van der Waals surface area contributed by atoms with Crippen LogP contribution in [0.5, 0.6) is 0 Å². The summed E-state index contributed by atoms with van der Waals surface area (Å²) in [6, 6.07) is 5.55. The summed E-state index contributed by atoms with van der Waals surface area (Å²) >= 11 is 4.57. The van der Waals surface area contributed by atoms with Crippen LogP contribution in [0, 0.1) is 0 Å². The molecule has 0 spiro atoms. The molecule has 2 aromatic rings. The zero-order chi connectivity index (χ0) is 13.5. The maximum absolute atomic E-state index is 12.7. The van der Waals surface area contributed by atoms with E-state index in [1.54, 1.807) is 15.8 Å². The van der Waals surface area contributed by atoms with Gasteiger partial charge in [-0.2, -0.15) is 4.31 Å². The zero-order valence-corrected chi connectivity index (χ0v) is 13.3. The Morgan fingerprint density at radius 1 is 1.42 bits per heavy atom. The highest BCUT2D eigenvalue weighted by atomic mass is 79.9.